The predicted octanol–water partition coefficient (Wildman–Crippen LogP) is 2.42. The second-order valence-electron chi connectivity index (χ2n) is 3.46. The van der Waals surface area contributed by atoms with E-state index in [1.54, 1.807) is 30.3 Å². The molecule has 0 aliphatic carbocycles. The number of halogens is 1. The van der Waals surface area contributed by atoms with Crippen LogP contribution in [0.1, 0.15) is 0 Å². The molecule has 2 nitrogen and oxygen atoms in total. The van der Waals surface area contributed by atoms with Gasteiger partial charge in [-0.1, -0.05) is 17.6 Å². The van der Waals surface area contributed by atoms with Gasteiger partial charge < -0.3 is 9.47 Å². The summed E-state index contributed by atoms with van der Waals surface area (Å²) < 4.78 is 23.5. The van der Waals surface area contributed by atoms with Gasteiger partial charge in [-0.15, -0.1) is 0 Å². The SMILES string of the molecule is [B]c1ccc(Oc2cccc(F)c2)cc1OC. The van der Waals surface area contributed by atoms with Gasteiger partial charge in [0.1, 0.15) is 30.9 Å². The fourth-order valence-electron chi connectivity index (χ4n) is 1.42. The first-order chi connectivity index (χ1) is 8.19. The minimum absolute atomic E-state index is 0.343. The van der Waals surface area contributed by atoms with Gasteiger partial charge in [-0.25, -0.2) is 4.39 Å². The number of benzene rings is 2. The summed E-state index contributed by atoms with van der Waals surface area (Å²) in [7, 11) is 7.20. The molecule has 2 radical (unpaired) electrons. The molecule has 0 unspecified atom stereocenters. The number of ether oxygens (including phenoxy) is 2. The summed E-state index contributed by atoms with van der Waals surface area (Å²) in [4.78, 5) is 0. The maximum absolute atomic E-state index is 13.0. The highest BCUT2D eigenvalue weighted by atomic mass is 19.1. The molecule has 0 amide bonds. The molecule has 0 aromatic heterocycles. The molecular formula is C13H10BFO2. The Bertz CT molecular complexity index is 529. The van der Waals surface area contributed by atoms with Crippen molar-refractivity contribution in [1.29, 1.82) is 0 Å². The first-order valence-electron chi connectivity index (χ1n) is 5.06. The summed E-state index contributed by atoms with van der Waals surface area (Å²) in [6, 6.07) is 10.9. The Morgan fingerprint density at radius 1 is 1.06 bits per heavy atom. The van der Waals surface area contributed by atoms with Gasteiger partial charge >= 0.3 is 0 Å². The van der Waals surface area contributed by atoms with Crippen LogP contribution in [0.3, 0.4) is 0 Å². The highest BCUT2D eigenvalue weighted by molar-refractivity contribution is 6.34. The Morgan fingerprint density at radius 3 is 2.53 bits per heavy atom. The quantitative estimate of drug-likeness (QED) is 0.751. The molecule has 2 rings (SSSR count). The van der Waals surface area contributed by atoms with E-state index in [0.29, 0.717) is 22.7 Å². The first kappa shape index (κ1) is 11.5. The molecule has 2 aromatic carbocycles. The molecule has 0 N–H and O–H groups in total. The second kappa shape index (κ2) is 4.91. The molecule has 0 saturated carbocycles. The Morgan fingerprint density at radius 2 is 1.82 bits per heavy atom. The molecular weight excluding hydrogens is 218 g/mol. The Kier molecular flexibility index (Phi) is 3.33. The molecule has 0 atom stereocenters. The van der Waals surface area contributed by atoms with Crippen LogP contribution in [0.5, 0.6) is 17.2 Å². The van der Waals surface area contributed by atoms with Crippen LogP contribution >= 0.6 is 0 Å². The molecule has 0 heterocycles. The molecule has 4 heteroatoms. The molecule has 0 spiro atoms. The van der Waals surface area contributed by atoms with Crippen molar-refractivity contribution in [3.63, 3.8) is 0 Å². The predicted molar refractivity (Wildman–Crippen MR) is 64.9 cm³/mol. The van der Waals surface area contributed by atoms with E-state index in [4.69, 9.17) is 17.3 Å². The van der Waals surface area contributed by atoms with E-state index < -0.39 is 0 Å². The monoisotopic (exact) mass is 228 g/mol. The number of hydrogen-bond donors (Lipinski definition) is 0. The van der Waals surface area contributed by atoms with Crippen molar-refractivity contribution in [2.24, 2.45) is 0 Å². The minimum atomic E-state index is -0.343. The van der Waals surface area contributed by atoms with Crippen molar-refractivity contribution in [1.82, 2.24) is 0 Å². The lowest BCUT2D eigenvalue weighted by molar-refractivity contribution is 0.412. The normalized spacial score (nSPS) is 10.0. The van der Waals surface area contributed by atoms with E-state index >= 15 is 0 Å². The molecule has 0 aliphatic rings. The van der Waals surface area contributed by atoms with E-state index in [9.17, 15) is 4.39 Å². The zero-order chi connectivity index (χ0) is 12.3. The highest BCUT2D eigenvalue weighted by Gasteiger charge is 2.02. The van der Waals surface area contributed by atoms with E-state index in [1.165, 1.54) is 19.2 Å². The standard InChI is InChI=1S/C13H10BFO2/c1-16-13-8-11(5-6-12(13)14)17-10-4-2-3-9(15)7-10/h2-8H,1H3. The number of methoxy groups -OCH3 is 1. The van der Waals surface area contributed by atoms with Crippen LogP contribution in [0.15, 0.2) is 42.5 Å². The van der Waals surface area contributed by atoms with Crippen molar-refractivity contribution in [3.05, 3.63) is 48.3 Å². The zero-order valence-electron chi connectivity index (χ0n) is 9.31. The highest BCUT2D eigenvalue weighted by Crippen LogP contribution is 2.24. The molecule has 0 saturated heterocycles. The lowest BCUT2D eigenvalue weighted by atomic mass is 9.95. The van der Waals surface area contributed by atoms with Crippen molar-refractivity contribution < 1.29 is 13.9 Å². The lowest BCUT2D eigenvalue weighted by Crippen LogP contribution is -2.06. The van der Waals surface area contributed by atoms with Crippen LogP contribution in [0, 0.1) is 5.82 Å². The smallest absolute Gasteiger partial charge is 0.131 e. The number of rotatable bonds is 3. The van der Waals surface area contributed by atoms with E-state index in [-0.39, 0.29) is 5.82 Å². The van der Waals surface area contributed by atoms with Crippen LogP contribution in [0.2, 0.25) is 0 Å². The van der Waals surface area contributed by atoms with E-state index in [2.05, 4.69) is 0 Å². The summed E-state index contributed by atoms with van der Waals surface area (Å²) in [5, 5.41) is 0. The zero-order valence-corrected chi connectivity index (χ0v) is 9.31. The largest absolute Gasteiger partial charge is 0.497 e. The Balaban J connectivity index is 2.24. The summed E-state index contributed by atoms with van der Waals surface area (Å²) in [5.74, 6) is 1.15. The van der Waals surface area contributed by atoms with Gasteiger partial charge in [-0.3, -0.25) is 0 Å². The number of hydrogen-bond acceptors (Lipinski definition) is 2. The fraction of sp³-hybridized carbons (Fsp3) is 0.0769. The average molecular weight is 228 g/mol. The van der Waals surface area contributed by atoms with Gasteiger partial charge in [-0.2, -0.15) is 0 Å². The first-order valence-corrected chi connectivity index (χ1v) is 5.06. The Labute approximate surface area is 100 Å². The van der Waals surface area contributed by atoms with E-state index in [1.807, 2.05) is 0 Å². The van der Waals surface area contributed by atoms with Crippen molar-refractivity contribution in [2.45, 2.75) is 0 Å². The Hall–Kier alpha value is -1.97. The molecule has 84 valence electrons. The molecule has 0 fully saturated rings. The third kappa shape index (κ3) is 2.78. The maximum atomic E-state index is 13.0. The van der Waals surface area contributed by atoms with E-state index in [0.717, 1.165) is 0 Å². The van der Waals surface area contributed by atoms with Gasteiger partial charge in [0, 0.05) is 12.1 Å². The second-order valence-corrected chi connectivity index (χ2v) is 3.46. The van der Waals surface area contributed by atoms with Crippen molar-refractivity contribution in [2.75, 3.05) is 7.11 Å². The van der Waals surface area contributed by atoms with Crippen LogP contribution < -0.4 is 14.9 Å². The third-order valence-electron chi connectivity index (χ3n) is 2.24. The van der Waals surface area contributed by atoms with Gasteiger partial charge in [-0.05, 0) is 18.2 Å². The minimum Gasteiger partial charge on any atom is -0.497 e. The van der Waals surface area contributed by atoms with Gasteiger partial charge in [0.05, 0.1) is 7.11 Å². The summed E-state index contributed by atoms with van der Waals surface area (Å²) in [5.41, 5.74) is 0.527. The summed E-state index contributed by atoms with van der Waals surface area (Å²) in [6.07, 6.45) is 0. The maximum Gasteiger partial charge on any atom is 0.131 e. The molecule has 17 heavy (non-hydrogen) atoms. The van der Waals surface area contributed by atoms with Crippen LogP contribution in [-0.2, 0) is 0 Å². The summed E-state index contributed by atoms with van der Waals surface area (Å²) >= 11 is 0. The summed E-state index contributed by atoms with van der Waals surface area (Å²) in [6.45, 7) is 0. The van der Waals surface area contributed by atoms with Crippen molar-refractivity contribution >= 4 is 13.3 Å². The molecule has 0 bridgehead atoms. The van der Waals surface area contributed by atoms with Gasteiger partial charge in [0.15, 0.2) is 0 Å². The van der Waals surface area contributed by atoms with Crippen LogP contribution in [0.4, 0.5) is 4.39 Å². The van der Waals surface area contributed by atoms with Crippen molar-refractivity contribution in [3.8, 4) is 17.2 Å². The lowest BCUT2D eigenvalue weighted by Gasteiger charge is -2.09. The molecule has 2 aromatic rings. The fourth-order valence-corrected chi connectivity index (χ4v) is 1.42. The topological polar surface area (TPSA) is 18.5 Å². The van der Waals surface area contributed by atoms with Gasteiger partial charge in [0.25, 0.3) is 0 Å². The van der Waals surface area contributed by atoms with Crippen LogP contribution in [-0.4, -0.2) is 15.0 Å². The molecule has 0 aliphatic heterocycles. The van der Waals surface area contributed by atoms with Gasteiger partial charge in [0.2, 0.25) is 0 Å². The average Bonchev–Trinajstić information content (AvgIpc) is 2.32. The van der Waals surface area contributed by atoms with Crippen LogP contribution in [0.25, 0.3) is 0 Å². The third-order valence-corrected chi connectivity index (χ3v) is 2.24.